The van der Waals surface area contributed by atoms with Crippen LogP contribution in [0.15, 0.2) is 28.7 Å². The van der Waals surface area contributed by atoms with Crippen LogP contribution in [0.1, 0.15) is 30.7 Å². The van der Waals surface area contributed by atoms with Crippen LogP contribution in [0.25, 0.3) is 11.5 Å². The Hall–Kier alpha value is -1.68. The molecule has 3 rings (SSSR count). The van der Waals surface area contributed by atoms with Crippen LogP contribution >= 0.6 is 0 Å². The van der Waals surface area contributed by atoms with Gasteiger partial charge < -0.3 is 4.42 Å². The maximum Gasteiger partial charge on any atom is 0.247 e. The lowest BCUT2D eigenvalue weighted by molar-refractivity contribution is 0.202. The molecule has 1 aromatic carbocycles. The van der Waals surface area contributed by atoms with Gasteiger partial charge in [0.15, 0.2) is 0 Å². The summed E-state index contributed by atoms with van der Waals surface area (Å²) in [6.07, 6.45) is 3.90. The van der Waals surface area contributed by atoms with Gasteiger partial charge in [-0.2, -0.15) is 0 Å². The first-order chi connectivity index (χ1) is 9.31. The largest absolute Gasteiger partial charge is 0.419 e. The molecule has 4 nitrogen and oxygen atoms in total. The summed E-state index contributed by atoms with van der Waals surface area (Å²) in [5, 5.41) is 8.31. The minimum Gasteiger partial charge on any atom is -0.419 e. The Labute approximate surface area is 113 Å². The molecule has 19 heavy (non-hydrogen) atoms. The summed E-state index contributed by atoms with van der Waals surface area (Å²) in [5.41, 5.74) is 2.20. The van der Waals surface area contributed by atoms with Crippen molar-refractivity contribution in [3.63, 3.8) is 0 Å². The van der Waals surface area contributed by atoms with Gasteiger partial charge in [0.2, 0.25) is 11.8 Å². The highest BCUT2D eigenvalue weighted by atomic mass is 16.4. The Bertz CT molecular complexity index is 544. The SMILES string of the molecule is Cc1cccc(-c2nnc(CN3CCCCC3)o2)c1. The maximum atomic E-state index is 5.76. The quantitative estimate of drug-likeness (QED) is 0.847. The zero-order chi connectivity index (χ0) is 13.1. The van der Waals surface area contributed by atoms with E-state index >= 15 is 0 Å². The van der Waals surface area contributed by atoms with Crippen molar-refractivity contribution in [3.8, 4) is 11.5 Å². The Morgan fingerprint density at radius 1 is 1.16 bits per heavy atom. The van der Waals surface area contributed by atoms with Crippen LogP contribution in [0.3, 0.4) is 0 Å². The standard InChI is InChI=1S/C15H19N3O/c1-12-6-5-7-13(10-12)15-17-16-14(19-15)11-18-8-3-2-4-9-18/h5-7,10H,2-4,8-9,11H2,1H3. The van der Waals surface area contributed by atoms with E-state index in [1.165, 1.54) is 24.8 Å². The molecular weight excluding hydrogens is 238 g/mol. The second kappa shape index (κ2) is 5.53. The molecule has 1 aliphatic heterocycles. The summed E-state index contributed by atoms with van der Waals surface area (Å²) in [7, 11) is 0. The molecule has 0 N–H and O–H groups in total. The summed E-state index contributed by atoms with van der Waals surface area (Å²) in [5.74, 6) is 1.34. The number of aromatic nitrogens is 2. The molecule has 1 saturated heterocycles. The summed E-state index contributed by atoms with van der Waals surface area (Å²) in [6.45, 7) is 5.12. The zero-order valence-corrected chi connectivity index (χ0v) is 11.3. The molecule has 1 aliphatic rings. The first-order valence-corrected chi connectivity index (χ1v) is 6.93. The van der Waals surface area contributed by atoms with Crippen molar-refractivity contribution in [1.29, 1.82) is 0 Å². The number of aryl methyl sites for hydroxylation is 1. The van der Waals surface area contributed by atoms with Crippen LogP contribution < -0.4 is 0 Å². The Kier molecular flexibility index (Phi) is 3.60. The van der Waals surface area contributed by atoms with Crippen molar-refractivity contribution >= 4 is 0 Å². The number of likely N-dealkylation sites (tertiary alicyclic amines) is 1. The fraction of sp³-hybridized carbons (Fsp3) is 0.467. The molecule has 1 aromatic heterocycles. The summed E-state index contributed by atoms with van der Waals surface area (Å²) < 4.78 is 5.76. The molecule has 0 spiro atoms. The van der Waals surface area contributed by atoms with Crippen molar-refractivity contribution in [2.24, 2.45) is 0 Å². The Morgan fingerprint density at radius 2 is 2.00 bits per heavy atom. The lowest BCUT2D eigenvalue weighted by Crippen LogP contribution is -2.29. The predicted molar refractivity (Wildman–Crippen MR) is 73.6 cm³/mol. The van der Waals surface area contributed by atoms with E-state index in [2.05, 4.69) is 34.2 Å². The minimum absolute atomic E-state index is 0.621. The van der Waals surface area contributed by atoms with E-state index in [4.69, 9.17) is 4.42 Å². The van der Waals surface area contributed by atoms with Gasteiger partial charge in [-0.3, -0.25) is 4.90 Å². The molecule has 100 valence electrons. The number of hydrogen-bond donors (Lipinski definition) is 0. The zero-order valence-electron chi connectivity index (χ0n) is 11.3. The van der Waals surface area contributed by atoms with Crippen LogP contribution in [0, 0.1) is 6.92 Å². The molecule has 4 heteroatoms. The molecule has 0 aliphatic carbocycles. The van der Waals surface area contributed by atoms with Crippen molar-refractivity contribution in [2.75, 3.05) is 13.1 Å². The number of piperidine rings is 1. The average molecular weight is 257 g/mol. The fourth-order valence-corrected chi connectivity index (χ4v) is 2.52. The van der Waals surface area contributed by atoms with E-state index in [0.717, 1.165) is 31.1 Å². The third-order valence-electron chi connectivity index (χ3n) is 3.54. The van der Waals surface area contributed by atoms with Gasteiger partial charge in [-0.25, -0.2) is 0 Å². The van der Waals surface area contributed by atoms with E-state index in [1.807, 2.05) is 12.1 Å². The summed E-state index contributed by atoms with van der Waals surface area (Å²) in [6, 6.07) is 8.15. The molecule has 1 fully saturated rings. The first kappa shape index (κ1) is 12.4. The van der Waals surface area contributed by atoms with Crippen LogP contribution in [0.4, 0.5) is 0 Å². The highest BCUT2D eigenvalue weighted by Gasteiger charge is 2.15. The van der Waals surface area contributed by atoms with E-state index in [-0.39, 0.29) is 0 Å². The predicted octanol–water partition coefficient (Wildman–Crippen LogP) is 3.03. The van der Waals surface area contributed by atoms with E-state index < -0.39 is 0 Å². The molecule has 0 atom stereocenters. The Balaban J connectivity index is 1.72. The van der Waals surface area contributed by atoms with Gasteiger partial charge in [-0.1, -0.05) is 24.1 Å². The van der Waals surface area contributed by atoms with Gasteiger partial charge in [-0.15, -0.1) is 10.2 Å². The molecule has 2 aromatic rings. The van der Waals surface area contributed by atoms with Crippen molar-refractivity contribution in [1.82, 2.24) is 15.1 Å². The molecular formula is C15H19N3O. The van der Waals surface area contributed by atoms with E-state index in [1.54, 1.807) is 0 Å². The van der Waals surface area contributed by atoms with Gasteiger partial charge >= 0.3 is 0 Å². The van der Waals surface area contributed by atoms with Crippen LogP contribution in [0.5, 0.6) is 0 Å². The lowest BCUT2D eigenvalue weighted by Gasteiger charge is -2.24. The smallest absolute Gasteiger partial charge is 0.247 e. The molecule has 0 unspecified atom stereocenters. The van der Waals surface area contributed by atoms with E-state index in [0.29, 0.717) is 5.89 Å². The number of nitrogens with zero attached hydrogens (tertiary/aromatic N) is 3. The minimum atomic E-state index is 0.621. The number of hydrogen-bond acceptors (Lipinski definition) is 4. The average Bonchev–Trinajstić information content (AvgIpc) is 2.88. The van der Waals surface area contributed by atoms with Gasteiger partial charge in [0, 0.05) is 5.56 Å². The molecule has 0 radical (unpaired) electrons. The van der Waals surface area contributed by atoms with Gasteiger partial charge in [-0.05, 0) is 45.0 Å². The molecule has 0 saturated carbocycles. The molecule has 2 heterocycles. The topological polar surface area (TPSA) is 42.2 Å². The van der Waals surface area contributed by atoms with Crippen molar-refractivity contribution in [2.45, 2.75) is 32.7 Å². The normalized spacial score (nSPS) is 16.7. The second-order valence-corrected chi connectivity index (χ2v) is 5.21. The van der Waals surface area contributed by atoms with Crippen molar-refractivity contribution in [3.05, 3.63) is 35.7 Å². The molecule has 0 amide bonds. The van der Waals surface area contributed by atoms with Crippen LogP contribution in [0.2, 0.25) is 0 Å². The lowest BCUT2D eigenvalue weighted by atomic mass is 10.1. The molecule has 0 bridgehead atoms. The number of benzene rings is 1. The fourth-order valence-electron chi connectivity index (χ4n) is 2.52. The van der Waals surface area contributed by atoms with Gasteiger partial charge in [0.1, 0.15) is 0 Å². The van der Waals surface area contributed by atoms with Gasteiger partial charge in [0.25, 0.3) is 0 Å². The Morgan fingerprint density at radius 3 is 2.79 bits per heavy atom. The second-order valence-electron chi connectivity index (χ2n) is 5.21. The van der Waals surface area contributed by atoms with Gasteiger partial charge in [0.05, 0.1) is 6.54 Å². The van der Waals surface area contributed by atoms with Crippen molar-refractivity contribution < 1.29 is 4.42 Å². The van der Waals surface area contributed by atoms with E-state index in [9.17, 15) is 0 Å². The monoisotopic (exact) mass is 257 g/mol. The van der Waals surface area contributed by atoms with Crippen LogP contribution in [-0.4, -0.2) is 28.2 Å². The summed E-state index contributed by atoms with van der Waals surface area (Å²) >= 11 is 0. The third-order valence-corrected chi connectivity index (χ3v) is 3.54. The first-order valence-electron chi connectivity index (χ1n) is 6.93. The highest BCUT2D eigenvalue weighted by Crippen LogP contribution is 2.20. The third kappa shape index (κ3) is 3.01. The number of rotatable bonds is 3. The van der Waals surface area contributed by atoms with Crippen LogP contribution in [-0.2, 0) is 6.54 Å². The maximum absolute atomic E-state index is 5.76. The summed E-state index contributed by atoms with van der Waals surface area (Å²) in [4.78, 5) is 2.39. The highest BCUT2D eigenvalue weighted by molar-refractivity contribution is 5.53.